The van der Waals surface area contributed by atoms with Gasteiger partial charge in [-0.1, -0.05) is 73.4 Å². The van der Waals surface area contributed by atoms with Crippen molar-refractivity contribution in [3.8, 4) is 0 Å². The van der Waals surface area contributed by atoms with Gasteiger partial charge in [0.2, 0.25) is 11.8 Å². The van der Waals surface area contributed by atoms with Gasteiger partial charge in [-0.25, -0.2) is 12.8 Å². The summed E-state index contributed by atoms with van der Waals surface area (Å²) < 4.78 is 42.0. The van der Waals surface area contributed by atoms with Crippen LogP contribution in [0, 0.1) is 5.82 Å². The molecule has 0 heterocycles. The summed E-state index contributed by atoms with van der Waals surface area (Å²) in [5.41, 5.74) is 0.594. The minimum absolute atomic E-state index is 0.0200. The number of nitrogens with zero attached hydrogens (tertiary/aromatic N) is 2. The van der Waals surface area contributed by atoms with Crippen molar-refractivity contribution in [2.45, 2.75) is 44.2 Å². The average molecular weight is 595 g/mol. The van der Waals surface area contributed by atoms with Crippen LogP contribution in [0.15, 0.2) is 77.7 Å². The Morgan fingerprint density at radius 2 is 1.62 bits per heavy atom. The highest BCUT2D eigenvalue weighted by molar-refractivity contribution is 7.92. The zero-order valence-corrected chi connectivity index (χ0v) is 23.9. The highest BCUT2D eigenvalue weighted by Crippen LogP contribution is 2.35. The monoisotopic (exact) mass is 593 g/mol. The number of rotatable bonds is 12. The lowest BCUT2D eigenvalue weighted by molar-refractivity contribution is -0.140. The molecule has 0 aliphatic rings. The van der Waals surface area contributed by atoms with Crippen molar-refractivity contribution in [1.82, 2.24) is 10.2 Å². The molecule has 3 rings (SSSR count). The maximum Gasteiger partial charge on any atom is 0.264 e. The largest absolute Gasteiger partial charge is 0.354 e. The number of amides is 2. The zero-order chi connectivity index (χ0) is 28.6. The molecule has 208 valence electrons. The molecule has 0 aromatic heterocycles. The van der Waals surface area contributed by atoms with Gasteiger partial charge in [-0.05, 0) is 54.8 Å². The summed E-state index contributed by atoms with van der Waals surface area (Å²) in [6.07, 6.45) is 0.969. The van der Waals surface area contributed by atoms with Crippen molar-refractivity contribution in [1.29, 1.82) is 0 Å². The lowest BCUT2D eigenvalue weighted by Gasteiger charge is -2.33. The Balaban J connectivity index is 2.08. The minimum atomic E-state index is -4.27. The van der Waals surface area contributed by atoms with E-state index in [1.54, 1.807) is 25.1 Å². The maximum atomic E-state index is 13.9. The molecule has 0 bridgehead atoms. The third-order valence-electron chi connectivity index (χ3n) is 6.01. The number of nitrogens with one attached hydrogen (secondary N) is 1. The van der Waals surface area contributed by atoms with Gasteiger partial charge >= 0.3 is 0 Å². The molecule has 0 aliphatic carbocycles. The molecule has 2 amide bonds. The van der Waals surface area contributed by atoms with Gasteiger partial charge in [0, 0.05) is 13.1 Å². The number of sulfonamides is 1. The summed E-state index contributed by atoms with van der Waals surface area (Å²) in [4.78, 5) is 28.3. The maximum absolute atomic E-state index is 13.9. The molecule has 0 aliphatic heterocycles. The molecule has 0 saturated heterocycles. The first kappa shape index (κ1) is 30.4. The zero-order valence-electron chi connectivity index (χ0n) is 21.6. The van der Waals surface area contributed by atoms with Crippen LogP contribution in [0.3, 0.4) is 0 Å². The quantitative estimate of drug-likeness (QED) is 0.293. The molecule has 0 unspecified atom stereocenters. The summed E-state index contributed by atoms with van der Waals surface area (Å²) in [7, 11) is -4.27. The Morgan fingerprint density at radius 1 is 0.949 bits per heavy atom. The minimum Gasteiger partial charge on any atom is -0.354 e. The van der Waals surface area contributed by atoms with E-state index in [9.17, 15) is 22.4 Å². The van der Waals surface area contributed by atoms with E-state index in [4.69, 9.17) is 23.2 Å². The summed E-state index contributed by atoms with van der Waals surface area (Å²) in [5.74, 6) is -1.46. The standard InChI is InChI=1S/C28H30Cl2FN3O4S/c1-3-17-32-28(36)24(4-2)33(18-20-13-15-21(31)16-14-20)26(35)19-34(25-12-8-11-23(29)27(25)30)39(37,38)22-9-6-5-7-10-22/h5-16,24H,3-4,17-19H2,1-2H3,(H,32,36)/t24-/m1/s1. The van der Waals surface area contributed by atoms with Crippen molar-refractivity contribution in [2.24, 2.45) is 0 Å². The third-order valence-corrected chi connectivity index (χ3v) is 8.59. The van der Waals surface area contributed by atoms with Crippen LogP contribution in [0.4, 0.5) is 10.1 Å². The van der Waals surface area contributed by atoms with Crippen LogP contribution in [0.25, 0.3) is 0 Å². The van der Waals surface area contributed by atoms with E-state index in [0.29, 0.717) is 18.5 Å². The SMILES string of the molecule is CCCNC(=O)[C@@H](CC)N(Cc1ccc(F)cc1)C(=O)CN(c1cccc(Cl)c1Cl)S(=O)(=O)c1ccccc1. The van der Waals surface area contributed by atoms with Gasteiger partial charge in [0.25, 0.3) is 10.0 Å². The van der Waals surface area contributed by atoms with Gasteiger partial charge in [0.05, 0.1) is 20.6 Å². The van der Waals surface area contributed by atoms with E-state index in [1.807, 2.05) is 6.92 Å². The van der Waals surface area contributed by atoms with E-state index < -0.39 is 34.3 Å². The van der Waals surface area contributed by atoms with Crippen LogP contribution >= 0.6 is 23.2 Å². The average Bonchev–Trinajstić information content (AvgIpc) is 2.93. The van der Waals surface area contributed by atoms with Crippen molar-refractivity contribution >= 4 is 50.7 Å². The summed E-state index contributed by atoms with van der Waals surface area (Å²) >= 11 is 12.6. The number of benzene rings is 3. The van der Waals surface area contributed by atoms with Crippen LogP contribution in [-0.4, -0.2) is 44.3 Å². The second-order valence-electron chi connectivity index (χ2n) is 8.76. The van der Waals surface area contributed by atoms with Gasteiger partial charge in [-0.15, -0.1) is 0 Å². The van der Waals surface area contributed by atoms with Crippen LogP contribution < -0.4 is 9.62 Å². The number of hydrogen-bond donors (Lipinski definition) is 1. The highest BCUT2D eigenvalue weighted by atomic mass is 35.5. The molecule has 0 spiro atoms. The predicted octanol–water partition coefficient (Wildman–Crippen LogP) is 5.66. The number of carbonyl (C=O) groups is 2. The number of hydrogen-bond acceptors (Lipinski definition) is 4. The van der Waals surface area contributed by atoms with Gasteiger partial charge in [-0.2, -0.15) is 0 Å². The third kappa shape index (κ3) is 7.50. The van der Waals surface area contributed by atoms with E-state index in [0.717, 1.165) is 4.31 Å². The Labute approximate surface area is 238 Å². The van der Waals surface area contributed by atoms with Crippen LogP contribution in [0.5, 0.6) is 0 Å². The number of anilines is 1. The Hall–Kier alpha value is -3.14. The van der Waals surface area contributed by atoms with Gasteiger partial charge in [-0.3, -0.25) is 13.9 Å². The fourth-order valence-electron chi connectivity index (χ4n) is 3.99. The van der Waals surface area contributed by atoms with E-state index in [-0.39, 0.29) is 39.5 Å². The normalized spacial score (nSPS) is 12.0. The first-order valence-electron chi connectivity index (χ1n) is 12.4. The van der Waals surface area contributed by atoms with Crippen molar-refractivity contribution < 1.29 is 22.4 Å². The van der Waals surface area contributed by atoms with E-state index >= 15 is 0 Å². The lowest BCUT2D eigenvalue weighted by Crippen LogP contribution is -2.52. The summed E-state index contributed by atoms with van der Waals surface area (Å²) in [6, 6.07) is 16.8. The molecular weight excluding hydrogens is 564 g/mol. The topological polar surface area (TPSA) is 86.8 Å². The van der Waals surface area contributed by atoms with E-state index in [1.165, 1.54) is 59.5 Å². The number of halogens is 3. The lowest BCUT2D eigenvalue weighted by atomic mass is 10.1. The van der Waals surface area contributed by atoms with Gasteiger partial charge < -0.3 is 10.2 Å². The Kier molecular flexibility index (Phi) is 10.7. The number of carbonyl (C=O) groups excluding carboxylic acids is 2. The molecule has 1 N–H and O–H groups in total. The Bertz CT molecular complexity index is 1390. The predicted molar refractivity (Wildman–Crippen MR) is 152 cm³/mol. The van der Waals surface area contributed by atoms with Crippen molar-refractivity contribution in [2.75, 3.05) is 17.4 Å². The van der Waals surface area contributed by atoms with Crippen LogP contribution in [0.2, 0.25) is 10.0 Å². The Morgan fingerprint density at radius 3 is 2.23 bits per heavy atom. The first-order chi connectivity index (χ1) is 18.6. The van der Waals surface area contributed by atoms with Gasteiger partial charge in [0.1, 0.15) is 18.4 Å². The molecule has 3 aromatic carbocycles. The molecule has 3 aromatic rings. The van der Waals surface area contributed by atoms with Crippen molar-refractivity contribution in [3.05, 3.63) is 94.2 Å². The fraction of sp³-hybridized carbons (Fsp3) is 0.286. The molecule has 11 heteroatoms. The highest BCUT2D eigenvalue weighted by Gasteiger charge is 2.34. The second-order valence-corrected chi connectivity index (χ2v) is 11.4. The smallest absolute Gasteiger partial charge is 0.264 e. The fourth-order valence-corrected chi connectivity index (χ4v) is 5.88. The second kappa shape index (κ2) is 13.8. The van der Waals surface area contributed by atoms with E-state index in [2.05, 4.69) is 5.32 Å². The van der Waals surface area contributed by atoms with Crippen LogP contribution in [-0.2, 0) is 26.2 Å². The molecule has 0 radical (unpaired) electrons. The molecular formula is C28H30Cl2FN3O4S. The van der Waals surface area contributed by atoms with Crippen LogP contribution in [0.1, 0.15) is 32.3 Å². The molecule has 0 fully saturated rings. The van der Waals surface area contributed by atoms with Crippen molar-refractivity contribution in [3.63, 3.8) is 0 Å². The molecule has 0 saturated carbocycles. The first-order valence-corrected chi connectivity index (χ1v) is 14.6. The molecule has 7 nitrogen and oxygen atoms in total. The summed E-state index contributed by atoms with van der Waals surface area (Å²) in [5, 5.41) is 2.88. The van der Waals surface area contributed by atoms with Gasteiger partial charge in [0.15, 0.2) is 0 Å². The molecule has 39 heavy (non-hydrogen) atoms. The summed E-state index contributed by atoms with van der Waals surface area (Å²) in [6.45, 7) is 3.38. The molecule has 1 atom stereocenters.